The molecule has 2 atom stereocenters. The summed E-state index contributed by atoms with van der Waals surface area (Å²) in [4.78, 5) is 55.0. The summed E-state index contributed by atoms with van der Waals surface area (Å²) >= 11 is 0. The quantitative estimate of drug-likeness (QED) is 0.174. The van der Waals surface area contributed by atoms with E-state index in [4.69, 9.17) is 0 Å². The summed E-state index contributed by atoms with van der Waals surface area (Å²) in [7, 11) is 1.88. The summed E-state index contributed by atoms with van der Waals surface area (Å²) in [6, 6.07) is 3.75. The fourth-order valence-corrected chi connectivity index (χ4v) is 3.74. The van der Waals surface area contributed by atoms with Crippen molar-refractivity contribution in [3.63, 3.8) is 0 Å². The van der Waals surface area contributed by atoms with E-state index < -0.39 is 24.0 Å². The van der Waals surface area contributed by atoms with Crippen molar-refractivity contribution >= 4 is 24.5 Å². The van der Waals surface area contributed by atoms with Gasteiger partial charge in [0, 0.05) is 45.2 Å². The number of likely N-dealkylation sites (N-methyl/N-ethyl adjacent to an activating group) is 1. The fourth-order valence-electron chi connectivity index (χ4n) is 3.74. The first-order chi connectivity index (χ1) is 15.3. The summed E-state index contributed by atoms with van der Waals surface area (Å²) in [5, 5.41) is 22.6. The van der Waals surface area contributed by atoms with Crippen LogP contribution in [-0.2, 0) is 32.3 Å². The van der Waals surface area contributed by atoms with E-state index in [0.717, 1.165) is 0 Å². The van der Waals surface area contributed by atoms with E-state index in [9.17, 15) is 29.4 Å². The molecular weight excluding hydrogens is 605 g/mol. The number of pyridine rings is 1. The first kappa shape index (κ1) is 51.4. The van der Waals surface area contributed by atoms with Crippen molar-refractivity contribution in [3.8, 4) is 0 Å². The Labute approximate surface area is 394 Å². The van der Waals surface area contributed by atoms with Crippen molar-refractivity contribution < 1.29 is 246 Å². The second-order valence-electron chi connectivity index (χ2n) is 7.93. The van der Waals surface area contributed by atoms with E-state index in [1.165, 1.54) is 0 Å². The van der Waals surface area contributed by atoms with Gasteiger partial charge < -0.3 is 50.1 Å². The Morgan fingerprint density at radius 3 is 1.92 bits per heavy atom. The Kier molecular flexibility index (Phi) is 39.8. The van der Waals surface area contributed by atoms with Gasteiger partial charge in [-0.25, -0.2) is 6.29 Å². The topological polar surface area (TPSA) is 197 Å². The van der Waals surface area contributed by atoms with Gasteiger partial charge >= 0.3 is 206 Å². The molecule has 0 saturated heterocycles. The van der Waals surface area contributed by atoms with Crippen LogP contribution in [0.1, 0.15) is 37.1 Å². The molecule has 2 heterocycles. The van der Waals surface area contributed by atoms with Crippen molar-refractivity contribution in [1.82, 2.24) is 19.7 Å². The van der Waals surface area contributed by atoms with Crippen LogP contribution in [0.4, 0.5) is 0 Å². The largest absolute Gasteiger partial charge is 1.00 e. The maximum Gasteiger partial charge on any atom is 1.00 e. The van der Waals surface area contributed by atoms with Gasteiger partial charge in [-0.15, -0.1) is 0 Å². The van der Waals surface area contributed by atoms with Gasteiger partial charge in [-0.1, -0.05) is 18.5 Å². The molecule has 2 N–H and O–H groups in total. The van der Waals surface area contributed by atoms with Gasteiger partial charge in [-0.05, 0) is 32.0 Å². The number of carbonyl (C=O) groups excluding carboxylic acids is 4. The molecule has 2 rings (SSSR count). The molecule has 1 aliphatic heterocycles. The Bertz CT molecular complexity index is 812. The van der Waals surface area contributed by atoms with E-state index in [-0.39, 0.29) is 242 Å². The number of hydrogen-bond donors (Lipinski definition) is 0. The van der Waals surface area contributed by atoms with Crippen LogP contribution in [0.2, 0.25) is 0 Å². The van der Waals surface area contributed by atoms with Crippen LogP contribution in [-0.4, -0.2) is 100 Å². The second-order valence-corrected chi connectivity index (χ2v) is 7.93. The third-order valence-electron chi connectivity index (χ3n) is 5.56. The summed E-state index contributed by atoms with van der Waals surface area (Å²) < 4.78 is 0. The SMILES string of the molecule is CN1CCN([C@H](CCC(=O)[O-])C(=O)[O-])Cc2cccc(n2)CN([C@@H]([C-]=O)CC[C-]=O)CC1.[K+].[K+].[K+].[K+].[OH-].[OH-]. The Balaban J connectivity index is -0.000000605. The molecule has 0 radical (unpaired) electrons. The zero-order valence-electron chi connectivity index (χ0n) is 23.1. The molecule has 192 valence electrons. The zero-order chi connectivity index (χ0) is 23.5. The minimum atomic E-state index is -1.33. The molecule has 1 aliphatic rings. The zero-order valence-corrected chi connectivity index (χ0v) is 35.6. The van der Waals surface area contributed by atoms with Gasteiger partial charge in [-0.3, -0.25) is 16.2 Å². The van der Waals surface area contributed by atoms with E-state index in [1.807, 2.05) is 35.5 Å². The molecule has 1 aromatic rings. The fraction of sp³-hybridized carbons (Fsp3) is 0.591. The van der Waals surface area contributed by atoms with Crippen LogP contribution >= 0.6 is 0 Å². The minimum absolute atomic E-state index is 0. The second kappa shape index (κ2) is 29.5. The molecule has 0 saturated carbocycles. The van der Waals surface area contributed by atoms with E-state index in [2.05, 4.69) is 4.98 Å². The summed E-state index contributed by atoms with van der Waals surface area (Å²) in [6.07, 6.45) is 3.81. The van der Waals surface area contributed by atoms with Crippen molar-refractivity contribution in [2.75, 3.05) is 33.2 Å². The molecule has 0 amide bonds. The third-order valence-corrected chi connectivity index (χ3v) is 5.56. The predicted molar refractivity (Wildman–Crippen MR) is 114 cm³/mol. The van der Waals surface area contributed by atoms with Crippen LogP contribution in [0.25, 0.3) is 0 Å². The van der Waals surface area contributed by atoms with Crippen molar-refractivity contribution in [1.29, 1.82) is 0 Å². The number of rotatable bonds is 10. The number of hydrogen-bond acceptors (Lipinski definition) is 12. The molecule has 12 nitrogen and oxygen atoms in total. The molecule has 1 aromatic heterocycles. The number of fused-ring (bicyclic) bond motifs is 2. The monoisotopic (exact) mass is 634 g/mol. The summed E-state index contributed by atoms with van der Waals surface area (Å²) in [5.41, 5.74) is 1.32. The van der Waals surface area contributed by atoms with Crippen molar-refractivity contribution in [2.45, 2.75) is 50.9 Å². The van der Waals surface area contributed by atoms with Gasteiger partial charge in [0.15, 0.2) is 0 Å². The van der Waals surface area contributed by atoms with Gasteiger partial charge in [0.2, 0.25) is 0 Å². The smallest absolute Gasteiger partial charge is 0.870 e. The molecular formula is C22H30K4N4O8-2. The number of aliphatic carboxylic acids is 2. The van der Waals surface area contributed by atoms with Crippen LogP contribution in [0.3, 0.4) is 0 Å². The van der Waals surface area contributed by atoms with Crippen molar-refractivity contribution in [3.05, 3.63) is 29.6 Å². The van der Waals surface area contributed by atoms with E-state index in [1.54, 1.807) is 17.0 Å². The number of aromatic nitrogens is 1. The average molecular weight is 635 g/mol. The minimum Gasteiger partial charge on any atom is -0.870 e. The van der Waals surface area contributed by atoms with Gasteiger partial charge in [0.1, 0.15) is 0 Å². The molecule has 16 heteroatoms. The average Bonchev–Trinajstić information content (AvgIpc) is 2.75. The first-order valence-corrected chi connectivity index (χ1v) is 10.6. The molecule has 0 aromatic carbocycles. The third kappa shape index (κ3) is 19.9. The molecule has 0 unspecified atom stereocenters. The van der Waals surface area contributed by atoms with Crippen LogP contribution < -0.4 is 216 Å². The van der Waals surface area contributed by atoms with Gasteiger partial charge in [0.25, 0.3) is 0 Å². The standard InChI is InChI=1S/C22H30N4O6.4K.2H2O/c1-24-9-11-25(19(16-28)6-3-13-27)14-17-4-2-5-18(23-17)15-26(12-10-24)20(22(31)32)7-8-21(29)30;;;;;;/h2,4-5,19-20H,3,6-12,14-15H2,1H3,(H,29,30)(H,31,32);;;;;2*1H2/q-2;4*+1;;/p-4/t19-,20-;;;;;;/m1....../s1. The molecule has 2 bridgehead atoms. The molecule has 0 spiro atoms. The Hall–Kier alpha value is 3.78. The van der Waals surface area contributed by atoms with Crippen LogP contribution in [0, 0.1) is 0 Å². The number of carbonyl (C=O) groups is 2. The van der Waals surface area contributed by atoms with Crippen LogP contribution in [0.5, 0.6) is 0 Å². The van der Waals surface area contributed by atoms with Gasteiger partial charge in [-0.2, -0.15) is 6.42 Å². The number of carboxylic acid groups (broad SMARTS) is 2. The first-order valence-electron chi connectivity index (χ1n) is 10.6. The van der Waals surface area contributed by atoms with Crippen molar-refractivity contribution in [2.24, 2.45) is 0 Å². The molecule has 0 aliphatic carbocycles. The normalized spacial score (nSPS) is 15.7. The summed E-state index contributed by atoms with van der Waals surface area (Å²) in [5.74, 6) is -2.64. The maximum absolute atomic E-state index is 11.8. The van der Waals surface area contributed by atoms with E-state index >= 15 is 0 Å². The maximum atomic E-state index is 11.8. The molecule has 0 fully saturated rings. The van der Waals surface area contributed by atoms with Crippen LogP contribution in [0.15, 0.2) is 18.2 Å². The number of nitrogens with zero attached hydrogens (tertiary/aromatic N) is 4. The van der Waals surface area contributed by atoms with Gasteiger partial charge in [0.05, 0.1) is 23.4 Å². The summed E-state index contributed by atoms with van der Waals surface area (Å²) in [6.45, 7) is 2.56. The number of carboxylic acids is 2. The predicted octanol–water partition coefficient (Wildman–Crippen LogP) is -14.7. The Morgan fingerprint density at radius 2 is 1.45 bits per heavy atom. The van der Waals surface area contributed by atoms with E-state index in [0.29, 0.717) is 50.5 Å². The molecule has 38 heavy (non-hydrogen) atoms. The Morgan fingerprint density at radius 1 is 0.921 bits per heavy atom.